The number of pyridine rings is 1. The molecule has 1 amide bonds. The minimum absolute atomic E-state index is 0.0680. The molecule has 0 radical (unpaired) electrons. The van der Waals surface area contributed by atoms with Gasteiger partial charge in [0.1, 0.15) is 10.8 Å². The van der Waals surface area contributed by atoms with Gasteiger partial charge in [0.05, 0.1) is 0 Å². The van der Waals surface area contributed by atoms with Gasteiger partial charge in [-0.05, 0) is 57.6 Å². The monoisotopic (exact) mass is 394 g/mol. The molecule has 5 nitrogen and oxygen atoms in total. The predicted octanol–water partition coefficient (Wildman–Crippen LogP) is 4.82. The molecule has 2 heterocycles. The Morgan fingerprint density at radius 2 is 2.04 bits per heavy atom. The lowest BCUT2D eigenvalue weighted by Gasteiger charge is -2.34. The van der Waals surface area contributed by atoms with Crippen molar-refractivity contribution in [2.24, 2.45) is 5.92 Å². The predicted molar refractivity (Wildman–Crippen MR) is 90.2 cm³/mol. The molecule has 0 aliphatic carbocycles. The summed E-state index contributed by atoms with van der Waals surface area (Å²) >= 11 is 5.81. The number of hydrogen-bond donors (Lipinski definition) is 0. The normalized spacial score (nSPS) is 18.6. The number of piperidine rings is 1. The summed E-state index contributed by atoms with van der Waals surface area (Å²) < 4.78 is 46.4. The van der Waals surface area contributed by atoms with Crippen LogP contribution in [0.1, 0.15) is 39.2 Å². The van der Waals surface area contributed by atoms with Gasteiger partial charge >= 0.3 is 12.5 Å². The summed E-state index contributed by atoms with van der Waals surface area (Å²) in [6.45, 7) is 6.48. The maximum atomic E-state index is 12.4. The highest BCUT2D eigenvalue weighted by molar-refractivity contribution is 6.29. The molecule has 1 aliphatic heterocycles. The van der Waals surface area contributed by atoms with E-state index in [9.17, 15) is 18.0 Å². The fourth-order valence-electron chi connectivity index (χ4n) is 2.87. The number of nitrogens with zero attached hydrogens (tertiary/aromatic N) is 2. The van der Waals surface area contributed by atoms with Gasteiger partial charge < -0.3 is 14.4 Å². The number of rotatable bonds is 3. The summed E-state index contributed by atoms with van der Waals surface area (Å²) in [5.74, 6) is -0.492. The van der Waals surface area contributed by atoms with E-state index in [0.29, 0.717) is 25.1 Å². The molecular formula is C17H22ClF3N2O3. The first kappa shape index (κ1) is 20.6. The average molecular weight is 395 g/mol. The molecule has 146 valence electrons. The van der Waals surface area contributed by atoms with Crippen molar-refractivity contribution >= 4 is 17.7 Å². The van der Waals surface area contributed by atoms with Crippen LogP contribution < -0.4 is 4.74 Å². The van der Waals surface area contributed by atoms with Crippen LogP contribution in [0.25, 0.3) is 0 Å². The van der Waals surface area contributed by atoms with Gasteiger partial charge in [-0.15, -0.1) is 13.2 Å². The van der Waals surface area contributed by atoms with Crippen molar-refractivity contribution in [1.82, 2.24) is 9.88 Å². The second kappa shape index (κ2) is 7.90. The van der Waals surface area contributed by atoms with Crippen molar-refractivity contribution in [3.63, 3.8) is 0 Å². The lowest BCUT2D eigenvalue weighted by molar-refractivity contribution is -0.276. The lowest BCUT2D eigenvalue weighted by Crippen LogP contribution is -2.43. The zero-order chi connectivity index (χ0) is 19.5. The molecule has 2 rings (SSSR count). The largest absolute Gasteiger partial charge is 0.574 e. The van der Waals surface area contributed by atoms with Crippen molar-refractivity contribution in [3.05, 3.63) is 22.8 Å². The summed E-state index contributed by atoms with van der Waals surface area (Å²) in [6.07, 6.45) is -3.08. The number of likely N-dealkylation sites (tertiary alicyclic amines) is 1. The van der Waals surface area contributed by atoms with E-state index in [0.717, 1.165) is 12.8 Å². The third kappa shape index (κ3) is 6.90. The van der Waals surface area contributed by atoms with E-state index in [1.54, 1.807) is 25.7 Å². The van der Waals surface area contributed by atoms with Crippen molar-refractivity contribution < 1.29 is 27.4 Å². The maximum Gasteiger partial charge on any atom is 0.574 e. The lowest BCUT2D eigenvalue weighted by atomic mass is 9.92. The van der Waals surface area contributed by atoms with Crippen molar-refractivity contribution in [1.29, 1.82) is 0 Å². The van der Waals surface area contributed by atoms with E-state index < -0.39 is 17.8 Å². The van der Waals surface area contributed by atoms with Crippen LogP contribution in [-0.2, 0) is 11.2 Å². The molecule has 1 fully saturated rings. The molecule has 1 aliphatic rings. The highest BCUT2D eigenvalue weighted by Gasteiger charge is 2.32. The molecule has 1 atom stereocenters. The van der Waals surface area contributed by atoms with Gasteiger partial charge in [0.2, 0.25) is 5.88 Å². The van der Waals surface area contributed by atoms with E-state index in [2.05, 4.69) is 9.72 Å². The summed E-state index contributed by atoms with van der Waals surface area (Å²) in [7, 11) is 0. The van der Waals surface area contributed by atoms with Crippen LogP contribution in [0.15, 0.2) is 12.1 Å². The summed E-state index contributed by atoms with van der Waals surface area (Å²) in [5.41, 5.74) is 0.00670. The fourth-order valence-corrected chi connectivity index (χ4v) is 3.09. The molecular weight excluding hydrogens is 373 g/mol. The van der Waals surface area contributed by atoms with Gasteiger partial charge in [0.15, 0.2) is 0 Å². The van der Waals surface area contributed by atoms with E-state index in [4.69, 9.17) is 16.3 Å². The first-order chi connectivity index (χ1) is 11.9. The fraction of sp³-hybridized carbons (Fsp3) is 0.647. The van der Waals surface area contributed by atoms with E-state index in [1.165, 1.54) is 12.1 Å². The van der Waals surface area contributed by atoms with E-state index in [1.807, 2.05) is 0 Å². The van der Waals surface area contributed by atoms with Gasteiger partial charge in [-0.25, -0.2) is 9.78 Å². The van der Waals surface area contributed by atoms with Gasteiger partial charge in [-0.1, -0.05) is 11.6 Å². The number of ether oxygens (including phenoxy) is 2. The number of alkyl halides is 3. The Morgan fingerprint density at radius 3 is 2.65 bits per heavy atom. The summed E-state index contributed by atoms with van der Waals surface area (Å²) in [4.78, 5) is 17.4. The Bertz CT molecular complexity index is 647. The molecule has 9 heteroatoms. The van der Waals surface area contributed by atoms with Crippen LogP contribution in [0.3, 0.4) is 0 Å². The first-order valence-corrected chi connectivity index (χ1v) is 8.69. The third-order valence-electron chi connectivity index (χ3n) is 3.75. The Morgan fingerprint density at radius 1 is 1.35 bits per heavy atom. The van der Waals surface area contributed by atoms with Crippen LogP contribution in [0.5, 0.6) is 5.88 Å². The van der Waals surface area contributed by atoms with E-state index in [-0.39, 0.29) is 17.2 Å². The number of amides is 1. The van der Waals surface area contributed by atoms with Gasteiger partial charge in [-0.2, -0.15) is 0 Å². The van der Waals surface area contributed by atoms with Gasteiger partial charge in [0, 0.05) is 19.2 Å². The minimum atomic E-state index is -4.83. The van der Waals surface area contributed by atoms with Crippen LogP contribution in [0.4, 0.5) is 18.0 Å². The van der Waals surface area contributed by atoms with Crippen molar-refractivity contribution in [2.45, 2.75) is 52.0 Å². The van der Waals surface area contributed by atoms with E-state index >= 15 is 0 Å². The number of halogens is 4. The van der Waals surface area contributed by atoms with Crippen LogP contribution in [-0.4, -0.2) is 41.0 Å². The molecule has 0 aromatic carbocycles. The Balaban J connectivity index is 2.03. The molecule has 1 aromatic heterocycles. The topological polar surface area (TPSA) is 51.7 Å². The Kier molecular flexibility index (Phi) is 6.26. The summed E-state index contributed by atoms with van der Waals surface area (Å²) in [6, 6.07) is 2.74. The highest BCUT2D eigenvalue weighted by atomic mass is 35.5. The molecule has 1 aromatic rings. The molecule has 0 spiro atoms. The number of aromatic nitrogens is 1. The zero-order valence-corrected chi connectivity index (χ0v) is 15.7. The van der Waals surface area contributed by atoms with Crippen LogP contribution in [0.2, 0.25) is 5.15 Å². The quantitative estimate of drug-likeness (QED) is 0.689. The molecule has 0 bridgehead atoms. The second-order valence-electron chi connectivity index (χ2n) is 7.32. The Labute approximate surface area is 155 Å². The molecule has 0 N–H and O–H groups in total. The number of carbonyl (C=O) groups is 1. The minimum Gasteiger partial charge on any atom is -0.444 e. The molecule has 26 heavy (non-hydrogen) atoms. The highest BCUT2D eigenvalue weighted by Crippen LogP contribution is 2.27. The molecule has 1 saturated heterocycles. The summed E-state index contributed by atoms with van der Waals surface area (Å²) in [5, 5.41) is -0.0680. The van der Waals surface area contributed by atoms with Gasteiger partial charge in [0.25, 0.3) is 0 Å². The number of hydrogen-bond acceptors (Lipinski definition) is 4. The van der Waals surface area contributed by atoms with Crippen LogP contribution >= 0.6 is 11.6 Å². The number of carbonyl (C=O) groups excluding carboxylic acids is 1. The van der Waals surface area contributed by atoms with Crippen molar-refractivity contribution in [3.8, 4) is 5.88 Å². The average Bonchev–Trinajstić information content (AvgIpc) is 2.43. The first-order valence-electron chi connectivity index (χ1n) is 8.31. The maximum absolute atomic E-state index is 12.4. The Hall–Kier alpha value is -1.70. The zero-order valence-electron chi connectivity index (χ0n) is 14.9. The van der Waals surface area contributed by atoms with Crippen molar-refractivity contribution in [2.75, 3.05) is 13.1 Å². The van der Waals surface area contributed by atoms with Gasteiger partial charge in [-0.3, -0.25) is 0 Å². The van der Waals surface area contributed by atoms with Crippen LogP contribution in [0, 0.1) is 5.92 Å². The molecule has 1 unspecified atom stereocenters. The smallest absolute Gasteiger partial charge is 0.444 e. The second-order valence-corrected chi connectivity index (χ2v) is 7.71. The third-order valence-corrected chi connectivity index (χ3v) is 3.94. The standard InChI is InChI=1S/C17H22ClF3N2O3/c1-16(2,3)26-15(24)23-6-4-5-11(10-23)7-12-8-13(18)22-14(9-12)25-17(19,20)21/h8-9,11H,4-7,10H2,1-3H3. The molecule has 0 saturated carbocycles. The SMILES string of the molecule is CC(C)(C)OC(=O)N1CCCC(Cc2cc(Cl)nc(OC(F)(F)F)c2)C1.